The van der Waals surface area contributed by atoms with Gasteiger partial charge in [0.2, 0.25) is 5.91 Å². The number of amides is 1. The zero-order valence-corrected chi connectivity index (χ0v) is 43.0. The van der Waals surface area contributed by atoms with Gasteiger partial charge in [0.25, 0.3) is 0 Å². The molecule has 0 rings (SSSR count). The minimum absolute atomic E-state index is 0.00516. The largest absolute Gasteiger partial charge is 0.466 e. The predicted molar refractivity (Wildman–Crippen MR) is 278 cm³/mol. The van der Waals surface area contributed by atoms with Gasteiger partial charge in [-0.1, -0.05) is 263 Å². The molecule has 378 valence electrons. The summed E-state index contributed by atoms with van der Waals surface area (Å²) in [6.45, 7) is 4.88. The van der Waals surface area contributed by atoms with Crippen LogP contribution in [0.1, 0.15) is 309 Å². The molecule has 64 heavy (non-hydrogen) atoms. The molecule has 2 atom stereocenters. The van der Waals surface area contributed by atoms with E-state index in [1.807, 2.05) is 6.08 Å². The van der Waals surface area contributed by atoms with E-state index < -0.39 is 12.1 Å². The third-order valence-electron chi connectivity index (χ3n) is 13.2. The predicted octanol–water partition coefficient (Wildman–Crippen LogP) is 17.5. The molecule has 0 saturated heterocycles. The van der Waals surface area contributed by atoms with Crippen molar-refractivity contribution in [3.8, 4) is 0 Å². The van der Waals surface area contributed by atoms with Gasteiger partial charge in [-0.05, 0) is 57.8 Å². The van der Waals surface area contributed by atoms with Crippen molar-refractivity contribution in [2.75, 3.05) is 13.2 Å². The van der Waals surface area contributed by atoms with Crippen LogP contribution < -0.4 is 5.32 Å². The average Bonchev–Trinajstić information content (AvgIpc) is 3.29. The second kappa shape index (κ2) is 54.0. The van der Waals surface area contributed by atoms with E-state index in [9.17, 15) is 19.8 Å². The van der Waals surface area contributed by atoms with Gasteiger partial charge in [0, 0.05) is 12.8 Å². The summed E-state index contributed by atoms with van der Waals surface area (Å²) in [5.41, 5.74) is 0. The molecule has 2 unspecified atom stereocenters. The Kier molecular flexibility index (Phi) is 52.6. The molecular weight excluding hydrogens is 791 g/mol. The van der Waals surface area contributed by atoms with E-state index in [0.29, 0.717) is 19.4 Å². The van der Waals surface area contributed by atoms with Gasteiger partial charge in [0.15, 0.2) is 0 Å². The molecule has 0 saturated carbocycles. The molecule has 0 aliphatic carbocycles. The summed E-state index contributed by atoms with van der Waals surface area (Å²) in [5, 5.41) is 23.0. The van der Waals surface area contributed by atoms with Crippen molar-refractivity contribution in [3.63, 3.8) is 0 Å². The van der Waals surface area contributed by atoms with E-state index in [1.54, 1.807) is 6.08 Å². The van der Waals surface area contributed by atoms with Crippen LogP contribution in [0.25, 0.3) is 0 Å². The minimum atomic E-state index is -0.841. The van der Waals surface area contributed by atoms with E-state index in [2.05, 4.69) is 31.3 Å². The van der Waals surface area contributed by atoms with Crippen molar-refractivity contribution >= 4 is 11.9 Å². The van der Waals surface area contributed by atoms with Crippen LogP contribution >= 0.6 is 0 Å². The Morgan fingerprint density at radius 1 is 0.422 bits per heavy atom. The molecule has 3 N–H and O–H groups in total. The average molecular weight is 903 g/mol. The van der Waals surface area contributed by atoms with E-state index in [4.69, 9.17) is 4.74 Å². The second-order valence-electron chi connectivity index (χ2n) is 19.6. The molecule has 0 radical (unpaired) electrons. The Hall–Kier alpha value is -1.66. The Morgan fingerprint density at radius 2 is 0.734 bits per heavy atom. The molecule has 0 aromatic heterocycles. The van der Waals surface area contributed by atoms with Gasteiger partial charge < -0.3 is 20.3 Å². The summed E-state index contributed by atoms with van der Waals surface area (Å²) >= 11 is 0. The molecule has 0 heterocycles. The zero-order chi connectivity index (χ0) is 46.5. The Labute approximate surface area is 399 Å². The van der Waals surface area contributed by atoms with E-state index in [-0.39, 0.29) is 18.5 Å². The van der Waals surface area contributed by atoms with Crippen molar-refractivity contribution in [2.45, 2.75) is 321 Å². The Morgan fingerprint density at radius 3 is 1.11 bits per heavy atom. The Bertz CT molecular complexity index is 997. The first-order valence-electron chi connectivity index (χ1n) is 28.6. The molecule has 6 nitrogen and oxygen atoms in total. The SMILES string of the molecule is CCCCCCC/C=C\CCCCCCCC(=O)OCCCCCCCCCCCCCCCCCCCCCCCCCC(=O)NC(CO)C(O)/C=C/CCCCCCCCCC. The molecule has 6 heteroatoms. The number of esters is 1. The smallest absolute Gasteiger partial charge is 0.305 e. The van der Waals surface area contributed by atoms with Gasteiger partial charge in [-0.3, -0.25) is 9.59 Å². The monoisotopic (exact) mass is 902 g/mol. The molecular formula is C58H111NO5. The molecule has 0 aliphatic rings. The highest BCUT2D eigenvalue weighted by atomic mass is 16.5. The molecule has 1 amide bonds. The number of hydrogen-bond acceptors (Lipinski definition) is 5. The highest BCUT2D eigenvalue weighted by Crippen LogP contribution is 2.17. The number of nitrogens with one attached hydrogen (secondary N) is 1. The van der Waals surface area contributed by atoms with Crippen LogP contribution in [0.3, 0.4) is 0 Å². The van der Waals surface area contributed by atoms with E-state index in [1.165, 1.54) is 238 Å². The topological polar surface area (TPSA) is 95.9 Å². The summed E-state index contributed by atoms with van der Waals surface area (Å²) in [7, 11) is 0. The maximum atomic E-state index is 12.4. The number of unbranched alkanes of at least 4 members (excludes halogenated alkanes) is 40. The van der Waals surface area contributed by atoms with Gasteiger partial charge in [-0.25, -0.2) is 0 Å². The van der Waals surface area contributed by atoms with E-state index in [0.717, 1.165) is 44.9 Å². The van der Waals surface area contributed by atoms with Crippen LogP contribution in [0.15, 0.2) is 24.3 Å². The first-order valence-corrected chi connectivity index (χ1v) is 28.6. The van der Waals surface area contributed by atoms with Crippen LogP contribution in [0.5, 0.6) is 0 Å². The third-order valence-corrected chi connectivity index (χ3v) is 13.2. The number of allylic oxidation sites excluding steroid dienone is 3. The summed E-state index contributed by atoms with van der Waals surface area (Å²) in [6, 6.07) is -0.625. The van der Waals surface area contributed by atoms with Gasteiger partial charge >= 0.3 is 5.97 Å². The summed E-state index contributed by atoms with van der Waals surface area (Å²) in [6.07, 6.45) is 64.9. The quantitative estimate of drug-likeness (QED) is 0.0321. The van der Waals surface area contributed by atoms with Crippen molar-refractivity contribution < 1.29 is 24.5 Å². The maximum absolute atomic E-state index is 12.4. The number of aliphatic hydroxyl groups is 2. The zero-order valence-electron chi connectivity index (χ0n) is 43.0. The van der Waals surface area contributed by atoms with Crippen LogP contribution in [-0.4, -0.2) is 47.4 Å². The summed E-state index contributed by atoms with van der Waals surface area (Å²) < 4.78 is 5.47. The highest BCUT2D eigenvalue weighted by Gasteiger charge is 2.18. The number of hydrogen-bond donors (Lipinski definition) is 3. The number of ether oxygens (including phenoxy) is 1. The lowest BCUT2D eigenvalue weighted by atomic mass is 10.0. The molecule has 0 aliphatic heterocycles. The highest BCUT2D eigenvalue weighted by molar-refractivity contribution is 5.76. The third kappa shape index (κ3) is 49.8. The number of carbonyl (C=O) groups is 2. The van der Waals surface area contributed by atoms with Gasteiger partial charge in [0.1, 0.15) is 0 Å². The standard InChI is InChI=1S/C58H111NO5/c1-3-5-7-9-11-13-15-16-29-32-36-40-44-48-52-58(63)64-53-49-45-41-37-33-30-27-25-23-21-19-17-18-20-22-24-26-28-31-35-39-43-47-51-57(62)59-55(54-60)56(61)50-46-42-38-34-14-12-10-8-6-4-2/h15-16,46,50,55-56,60-61H,3-14,17-45,47-49,51-54H2,1-2H3,(H,59,62)/b16-15-,50-46+. The summed E-state index contributed by atoms with van der Waals surface area (Å²) in [5.74, 6) is -0.0638. The molecule has 0 aromatic rings. The fraction of sp³-hybridized carbons (Fsp3) is 0.897. The van der Waals surface area contributed by atoms with Crippen LogP contribution in [0.2, 0.25) is 0 Å². The van der Waals surface area contributed by atoms with Crippen LogP contribution in [0.4, 0.5) is 0 Å². The lowest BCUT2D eigenvalue weighted by molar-refractivity contribution is -0.143. The fourth-order valence-corrected chi connectivity index (χ4v) is 8.81. The van der Waals surface area contributed by atoms with Crippen molar-refractivity contribution in [1.82, 2.24) is 5.32 Å². The van der Waals surface area contributed by atoms with E-state index >= 15 is 0 Å². The molecule has 0 bridgehead atoms. The maximum Gasteiger partial charge on any atom is 0.305 e. The number of carbonyl (C=O) groups excluding carboxylic acids is 2. The first kappa shape index (κ1) is 62.3. The minimum Gasteiger partial charge on any atom is -0.466 e. The van der Waals surface area contributed by atoms with Crippen molar-refractivity contribution in [3.05, 3.63) is 24.3 Å². The van der Waals surface area contributed by atoms with Crippen molar-refractivity contribution in [1.29, 1.82) is 0 Å². The molecule has 0 spiro atoms. The van der Waals surface area contributed by atoms with Gasteiger partial charge in [-0.2, -0.15) is 0 Å². The normalized spacial score (nSPS) is 12.8. The van der Waals surface area contributed by atoms with Crippen LogP contribution in [-0.2, 0) is 14.3 Å². The van der Waals surface area contributed by atoms with Crippen LogP contribution in [0, 0.1) is 0 Å². The van der Waals surface area contributed by atoms with Gasteiger partial charge in [-0.15, -0.1) is 0 Å². The van der Waals surface area contributed by atoms with Gasteiger partial charge in [0.05, 0.1) is 25.4 Å². The number of aliphatic hydroxyl groups excluding tert-OH is 2. The number of rotatable bonds is 53. The summed E-state index contributed by atoms with van der Waals surface area (Å²) in [4.78, 5) is 24.4. The molecule has 0 fully saturated rings. The lowest BCUT2D eigenvalue weighted by Crippen LogP contribution is -2.45. The first-order chi connectivity index (χ1) is 31.5. The van der Waals surface area contributed by atoms with Crippen molar-refractivity contribution in [2.24, 2.45) is 0 Å². The second-order valence-corrected chi connectivity index (χ2v) is 19.6. The molecule has 0 aromatic carbocycles. The Balaban J connectivity index is 3.36. The fourth-order valence-electron chi connectivity index (χ4n) is 8.81. The lowest BCUT2D eigenvalue weighted by Gasteiger charge is -2.20.